The third-order valence-electron chi connectivity index (χ3n) is 2.09. The van der Waals surface area contributed by atoms with Crippen molar-refractivity contribution in [2.45, 2.75) is 5.75 Å². The van der Waals surface area contributed by atoms with E-state index in [-0.39, 0.29) is 5.15 Å². The van der Waals surface area contributed by atoms with Crippen LogP contribution < -0.4 is 0 Å². The lowest BCUT2D eigenvalue weighted by molar-refractivity contribution is 0.482. The minimum atomic E-state index is -4.09. The molecule has 0 bridgehead atoms. The number of nitrogens with zero attached hydrogens (tertiary/aromatic N) is 1. The first kappa shape index (κ1) is 11.3. The van der Waals surface area contributed by atoms with E-state index >= 15 is 0 Å². The lowest BCUT2D eigenvalue weighted by atomic mass is 10.2. The van der Waals surface area contributed by atoms with Crippen LogP contribution in [0, 0.1) is 0 Å². The molecule has 1 heterocycles. The molecule has 0 unspecified atom stereocenters. The molecule has 16 heavy (non-hydrogen) atoms. The van der Waals surface area contributed by atoms with Gasteiger partial charge in [0, 0.05) is 10.9 Å². The Morgan fingerprint density at radius 1 is 1.31 bits per heavy atom. The number of fused-ring (bicyclic) bond motifs is 1. The van der Waals surface area contributed by atoms with E-state index in [1.165, 1.54) is 0 Å². The first-order chi connectivity index (χ1) is 7.46. The van der Waals surface area contributed by atoms with Crippen LogP contribution in [0.15, 0.2) is 30.3 Å². The Morgan fingerprint density at radius 2 is 2.00 bits per heavy atom. The van der Waals surface area contributed by atoms with Crippen molar-refractivity contribution in [3.05, 3.63) is 41.0 Å². The van der Waals surface area contributed by atoms with Gasteiger partial charge in [0.15, 0.2) is 0 Å². The molecule has 0 aliphatic carbocycles. The van der Waals surface area contributed by atoms with Gasteiger partial charge in [-0.1, -0.05) is 29.8 Å². The molecular weight excluding hydrogens is 250 g/mol. The topological polar surface area (TPSA) is 67.3 Å². The molecule has 2 rings (SSSR count). The summed E-state index contributed by atoms with van der Waals surface area (Å²) in [6.45, 7) is 0. The van der Waals surface area contributed by atoms with Gasteiger partial charge in [-0.2, -0.15) is 8.42 Å². The molecule has 6 heteroatoms. The summed E-state index contributed by atoms with van der Waals surface area (Å²) in [7, 11) is -4.09. The fraction of sp³-hybridized carbons (Fsp3) is 0.100. The highest BCUT2D eigenvalue weighted by atomic mass is 35.5. The number of halogens is 1. The molecule has 0 fully saturated rings. The van der Waals surface area contributed by atoms with Gasteiger partial charge in [0.1, 0.15) is 10.9 Å². The first-order valence-electron chi connectivity index (χ1n) is 4.45. The van der Waals surface area contributed by atoms with Crippen LogP contribution in [0.25, 0.3) is 10.9 Å². The zero-order valence-corrected chi connectivity index (χ0v) is 9.66. The average molecular weight is 258 g/mol. The Hall–Kier alpha value is -1.17. The minimum Gasteiger partial charge on any atom is -0.285 e. The number of aromatic nitrogens is 1. The highest BCUT2D eigenvalue weighted by molar-refractivity contribution is 7.85. The fourth-order valence-electron chi connectivity index (χ4n) is 1.43. The van der Waals surface area contributed by atoms with Crippen LogP contribution in [0.4, 0.5) is 0 Å². The van der Waals surface area contributed by atoms with Gasteiger partial charge in [0.25, 0.3) is 10.1 Å². The summed E-state index contributed by atoms with van der Waals surface area (Å²) in [6.07, 6.45) is 0. The van der Waals surface area contributed by atoms with Crippen LogP contribution >= 0.6 is 11.6 Å². The van der Waals surface area contributed by atoms with Crippen molar-refractivity contribution < 1.29 is 13.0 Å². The molecule has 1 N–H and O–H groups in total. The number of hydrogen-bond acceptors (Lipinski definition) is 3. The van der Waals surface area contributed by atoms with Crippen molar-refractivity contribution >= 4 is 32.6 Å². The van der Waals surface area contributed by atoms with E-state index < -0.39 is 15.9 Å². The molecule has 0 aliphatic heterocycles. The van der Waals surface area contributed by atoms with E-state index in [9.17, 15) is 8.42 Å². The maximum atomic E-state index is 10.8. The SMILES string of the molecule is O=S(=O)(O)Cc1cc2ccccc2nc1Cl. The molecule has 2 aromatic rings. The van der Waals surface area contributed by atoms with Gasteiger partial charge in [-0.25, -0.2) is 4.98 Å². The van der Waals surface area contributed by atoms with Crippen LogP contribution in [0.2, 0.25) is 5.15 Å². The summed E-state index contributed by atoms with van der Waals surface area (Å²) in [6, 6.07) is 8.81. The maximum absolute atomic E-state index is 10.8. The number of pyridine rings is 1. The Balaban J connectivity index is 2.58. The normalized spacial score (nSPS) is 11.9. The standard InChI is InChI=1S/C10H8ClNO3S/c11-10-8(6-16(13,14)15)5-7-3-1-2-4-9(7)12-10/h1-5H,6H2,(H,13,14,15). The van der Waals surface area contributed by atoms with Crippen molar-refractivity contribution in [2.24, 2.45) is 0 Å². The van der Waals surface area contributed by atoms with E-state index in [2.05, 4.69) is 4.98 Å². The van der Waals surface area contributed by atoms with Gasteiger partial charge < -0.3 is 0 Å². The molecule has 84 valence electrons. The molecule has 0 radical (unpaired) electrons. The third-order valence-corrected chi connectivity index (χ3v) is 3.09. The van der Waals surface area contributed by atoms with Gasteiger partial charge in [0.05, 0.1) is 5.52 Å². The van der Waals surface area contributed by atoms with Gasteiger partial charge in [-0.3, -0.25) is 4.55 Å². The monoisotopic (exact) mass is 257 g/mol. The largest absolute Gasteiger partial charge is 0.285 e. The van der Waals surface area contributed by atoms with Crippen molar-refractivity contribution in [1.29, 1.82) is 0 Å². The highest BCUT2D eigenvalue weighted by Crippen LogP contribution is 2.21. The summed E-state index contributed by atoms with van der Waals surface area (Å²) in [5.41, 5.74) is 0.981. The predicted molar refractivity (Wildman–Crippen MR) is 62.0 cm³/mol. The summed E-state index contributed by atoms with van der Waals surface area (Å²) >= 11 is 5.82. The Kier molecular flexibility index (Phi) is 2.84. The predicted octanol–water partition coefficient (Wildman–Crippen LogP) is 2.28. The highest BCUT2D eigenvalue weighted by Gasteiger charge is 2.12. The van der Waals surface area contributed by atoms with E-state index in [1.54, 1.807) is 18.2 Å². The third kappa shape index (κ3) is 2.49. The fourth-order valence-corrected chi connectivity index (χ4v) is 2.34. The quantitative estimate of drug-likeness (QED) is 0.662. The number of benzene rings is 1. The van der Waals surface area contributed by atoms with Crippen molar-refractivity contribution in [3.8, 4) is 0 Å². The van der Waals surface area contributed by atoms with Crippen molar-refractivity contribution in [1.82, 2.24) is 4.98 Å². The van der Waals surface area contributed by atoms with E-state index in [4.69, 9.17) is 16.2 Å². The lowest BCUT2D eigenvalue weighted by Crippen LogP contribution is -2.03. The molecule has 0 aliphatic rings. The molecule has 0 saturated carbocycles. The minimum absolute atomic E-state index is 0.0938. The number of hydrogen-bond donors (Lipinski definition) is 1. The molecule has 0 amide bonds. The molecule has 1 aromatic heterocycles. The summed E-state index contributed by atoms with van der Waals surface area (Å²) < 4.78 is 30.3. The van der Waals surface area contributed by atoms with E-state index in [0.717, 1.165) is 5.39 Å². The van der Waals surface area contributed by atoms with Crippen molar-refractivity contribution in [3.63, 3.8) is 0 Å². The second kappa shape index (κ2) is 4.01. The molecule has 0 spiro atoms. The lowest BCUT2D eigenvalue weighted by Gasteiger charge is -2.04. The molecular formula is C10H8ClNO3S. The smallest absolute Gasteiger partial charge is 0.269 e. The molecule has 4 nitrogen and oxygen atoms in total. The van der Waals surface area contributed by atoms with Crippen LogP contribution in [-0.4, -0.2) is 18.0 Å². The molecule has 0 atom stereocenters. The van der Waals surface area contributed by atoms with Crippen LogP contribution in [0.5, 0.6) is 0 Å². The van der Waals surface area contributed by atoms with E-state index in [0.29, 0.717) is 11.1 Å². The van der Waals surface area contributed by atoms with Gasteiger partial charge >= 0.3 is 0 Å². The maximum Gasteiger partial charge on any atom is 0.269 e. The Morgan fingerprint density at radius 3 is 2.69 bits per heavy atom. The van der Waals surface area contributed by atoms with Crippen LogP contribution in [0.3, 0.4) is 0 Å². The summed E-state index contributed by atoms with van der Waals surface area (Å²) in [5, 5.41) is 0.877. The average Bonchev–Trinajstić information content (AvgIpc) is 2.17. The van der Waals surface area contributed by atoms with Gasteiger partial charge in [-0.15, -0.1) is 0 Å². The van der Waals surface area contributed by atoms with Crippen LogP contribution in [0.1, 0.15) is 5.56 Å². The summed E-state index contributed by atoms with van der Waals surface area (Å²) in [5.74, 6) is -0.524. The molecule has 0 saturated heterocycles. The number of rotatable bonds is 2. The zero-order valence-electron chi connectivity index (χ0n) is 8.09. The van der Waals surface area contributed by atoms with Gasteiger partial charge in [0.2, 0.25) is 0 Å². The number of para-hydroxylation sites is 1. The van der Waals surface area contributed by atoms with Crippen LogP contribution in [-0.2, 0) is 15.9 Å². The van der Waals surface area contributed by atoms with Crippen molar-refractivity contribution in [2.75, 3.05) is 0 Å². The molecule has 1 aromatic carbocycles. The zero-order chi connectivity index (χ0) is 11.8. The summed E-state index contributed by atoms with van der Waals surface area (Å²) in [4.78, 5) is 4.05. The first-order valence-corrected chi connectivity index (χ1v) is 6.44. The van der Waals surface area contributed by atoms with E-state index in [1.807, 2.05) is 12.1 Å². The second-order valence-electron chi connectivity index (χ2n) is 3.36. The van der Waals surface area contributed by atoms with Gasteiger partial charge in [-0.05, 0) is 12.1 Å². The Bertz CT molecular complexity index is 640. The Labute approximate surface area is 97.6 Å². The second-order valence-corrected chi connectivity index (χ2v) is 5.17.